The van der Waals surface area contributed by atoms with E-state index in [0.29, 0.717) is 33.5 Å². The minimum Gasteiger partial charge on any atom is -0.495 e. The molecule has 2 amide bonds. The molecule has 0 heterocycles. The summed E-state index contributed by atoms with van der Waals surface area (Å²) in [6.45, 7) is 5.14. The van der Waals surface area contributed by atoms with Crippen LogP contribution >= 0.6 is 11.6 Å². The molecular weight excluding hydrogens is 356 g/mol. The van der Waals surface area contributed by atoms with Crippen LogP contribution in [0.25, 0.3) is 0 Å². The standard InChI is InChI=1S/C19H21ClN2O4/c1-11(2)26-17-7-5-13(20)9-15(17)19(24)22-14-6-8-18(25-4)16(10-14)21-12(3)23/h5-11H,1-4H3,(H,21,23)(H,22,24). The van der Waals surface area contributed by atoms with Crippen LogP contribution in [0, 0.1) is 0 Å². The molecule has 2 aromatic rings. The summed E-state index contributed by atoms with van der Waals surface area (Å²) in [7, 11) is 1.50. The van der Waals surface area contributed by atoms with E-state index in [1.165, 1.54) is 14.0 Å². The molecule has 0 aromatic heterocycles. The Bertz CT molecular complexity index is 821. The van der Waals surface area contributed by atoms with Crippen molar-refractivity contribution in [1.82, 2.24) is 0 Å². The highest BCUT2D eigenvalue weighted by atomic mass is 35.5. The maximum atomic E-state index is 12.7. The fourth-order valence-corrected chi connectivity index (χ4v) is 2.48. The van der Waals surface area contributed by atoms with E-state index in [9.17, 15) is 9.59 Å². The molecule has 0 aliphatic heterocycles. The maximum absolute atomic E-state index is 12.7. The molecule has 0 radical (unpaired) electrons. The van der Waals surface area contributed by atoms with Gasteiger partial charge in [0.05, 0.1) is 24.5 Å². The van der Waals surface area contributed by atoms with Crippen molar-refractivity contribution in [3.63, 3.8) is 0 Å². The molecule has 0 unspecified atom stereocenters. The number of benzene rings is 2. The van der Waals surface area contributed by atoms with Crippen LogP contribution in [0.1, 0.15) is 31.1 Å². The second kappa shape index (κ2) is 8.58. The van der Waals surface area contributed by atoms with E-state index in [1.807, 2.05) is 13.8 Å². The number of methoxy groups -OCH3 is 1. The predicted molar refractivity (Wildman–Crippen MR) is 102 cm³/mol. The Morgan fingerprint density at radius 1 is 1.04 bits per heavy atom. The van der Waals surface area contributed by atoms with E-state index in [2.05, 4.69) is 10.6 Å². The van der Waals surface area contributed by atoms with Crippen molar-refractivity contribution in [1.29, 1.82) is 0 Å². The zero-order chi connectivity index (χ0) is 19.3. The minimum atomic E-state index is -0.373. The molecule has 138 valence electrons. The number of ether oxygens (including phenoxy) is 2. The van der Waals surface area contributed by atoms with Gasteiger partial charge in [-0.3, -0.25) is 9.59 Å². The zero-order valence-electron chi connectivity index (χ0n) is 15.1. The Hall–Kier alpha value is -2.73. The van der Waals surface area contributed by atoms with Crippen LogP contribution in [-0.2, 0) is 4.79 Å². The van der Waals surface area contributed by atoms with E-state index in [-0.39, 0.29) is 17.9 Å². The lowest BCUT2D eigenvalue weighted by molar-refractivity contribution is -0.114. The van der Waals surface area contributed by atoms with Gasteiger partial charge in [0.15, 0.2) is 0 Å². The Kier molecular flexibility index (Phi) is 6.46. The van der Waals surface area contributed by atoms with Crippen LogP contribution < -0.4 is 20.1 Å². The topological polar surface area (TPSA) is 76.7 Å². The zero-order valence-corrected chi connectivity index (χ0v) is 15.8. The van der Waals surface area contributed by atoms with Gasteiger partial charge in [-0.2, -0.15) is 0 Å². The molecule has 6 nitrogen and oxygen atoms in total. The third-order valence-corrected chi connectivity index (χ3v) is 3.55. The molecule has 2 rings (SSSR count). The van der Waals surface area contributed by atoms with Crippen LogP contribution in [0.5, 0.6) is 11.5 Å². The first-order valence-electron chi connectivity index (χ1n) is 8.03. The maximum Gasteiger partial charge on any atom is 0.259 e. The van der Waals surface area contributed by atoms with Gasteiger partial charge in [0.1, 0.15) is 11.5 Å². The molecule has 0 fully saturated rings. The average Bonchev–Trinajstić information content (AvgIpc) is 2.55. The first-order valence-corrected chi connectivity index (χ1v) is 8.41. The molecule has 0 bridgehead atoms. The number of amides is 2. The number of hydrogen-bond acceptors (Lipinski definition) is 4. The first kappa shape index (κ1) is 19.6. The summed E-state index contributed by atoms with van der Waals surface area (Å²) in [5.74, 6) is 0.318. The fraction of sp³-hybridized carbons (Fsp3) is 0.263. The van der Waals surface area contributed by atoms with Gasteiger partial charge < -0.3 is 20.1 Å². The highest BCUT2D eigenvalue weighted by Crippen LogP contribution is 2.29. The van der Waals surface area contributed by atoms with Crippen molar-refractivity contribution in [2.75, 3.05) is 17.7 Å². The molecular formula is C19H21ClN2O4. The van der Waals surface area contributed by atoms with E-state index >= 15 is 0 Å². The van der Waals surface area contributed by atoms with E-state index < -0.39 is 0 Å². The molecule has 0 spiro atoms. The molecule has 0 saturated carbocycles. The third kappa shape index (κ3) is 5.13. The molecule has 2 aromatic carbocycles. The van der Waals surface area contributed by atoms with Crippen LogP contribution in [0.4, 0.5) is 11.4 Å². The quantitative estimate of drug-likeness (QED) is 0.785. The van der Waals surface area contributed by atoms with Gasteiger partial charge >= 0.3 is 0 Å². The number of anilines is 2. The van der Waals surface area contributed by atoms with Crippen molar-refractivity contribution < 1.29 is 19.1 Å². The molecule has 7 heteroatoms. The van der Waals surface area contributed by atoms with Crippen LogP contribution in [-0.4, -0.2) is 25.0 Å². The second-order valence-corrected chi connectivity index (χ2v) is 6.29. The molecule has 0 atom stereocenters. The summed E-state index contributed by atoms with van der Waals surface area (Å²) in [5, 5.41) is 5.87. The van der Waals surface area contributed by atoms with Crippen molar-refractivity contribution in [2.45, 2.75) is 26.9 Å². The van der Waals surface area contributed by atoms with Gasteiger partial charge in [-0.05, 0) is 50.2 Å². The Labute approximate surface area is 157 Å². The monoisotopic (exact) mass is 376 g/mol. The van der Waals surface area contributed by atoms with Crippen LogP contribution in [0.2, 0.25) is 5.02 Å². The smallest absolute Gasteiger partial charge is 0.259 e. The fourth-order valence-electron chi connectivity index (χ4n) is 2.31. The number of hydrogen-bond donors (Lipinski definition) is 2. The minimum absolute atomic E-state index is 0.0879. The highest BCUT2D eigenvalue weighted by molar-refractivity contribution is 6.31. The largest absolute Gasteiger partial charge is 0.495 e. The van der Waals surface area contributed by atoms with E-state index in [4.69, 9.17) is 21.1 Å². The number of carbonyl (C=O) groups excluding carboxylic acids is 2. The number of halogens is 1. The predicted octanol–water partition coefficient (Wildman–Crippen LogP) is 4.35. The highest BCUT2D eigenvalue weighted by Gasteiger charge is 2.16. The van der Waals surface area contributed by atoms with E-state index in [1.54, 1.807) is 36.4 Å². The normalized spacial score (nSPS) is 10.4. The molecule has 0 saturated heterocycles. The van der Waals surface area contributed by atoms with Gasteiger partial charge in [-0.15, -0.1) is 0 Å². The third-order valence-electron chi connectivity index (χ3n) is 3.32. The lowest BCUT2D eigenvalue weighted by atomic mass is 10.1. The van der Waals surface area contributed by atoms with Gasteiger partial charge in [0, 0.05) is 17.6 Å². The second-order valence-electron chi connectivity index (χ2n) is 5.86. The molecule has 0 aliphatic carbocycles. The average molecular weight is 377 g/mol. The summed E-state index contributed by atoms with van der Waals surface area (Å²) in [4.78, 5) is 24.0. The van der Waals surface area contributed by atoms with Crippen LogP contribution in [0.15, 0.2) is 36.4 Å². The summed E-state index contributed by atoms with van der Waals surface area (Å²) >= 11 is 6.02. The molecule has 26 heavy (non-hydrogen) atoms. The van der Waals surface area contributed by atoms with Crippen molar-refractivity contribution in [3.8, 4) is 11.5 Å². The number of rotatable bonds is 6. The van der Waals surface area contributed by atoms with Gasteiger partial charge in [-0.25, -0.2) is 0 Å². The van der Waals surface area contributed by atoms with Crippen molar-refractivity contribution in [3.05, 3.63) is 47.0 Å². The number of nitrogens with one attached hydrogen (secondary N) is 2. The molecule has 0 aliphatic rings. The molecule has 2 N–H and O–H groups in total. The summed E-state index contributed by atoms with van der Waals surface area (Å²) in [5.41, 5.74) is 1.28. The van der Waals surface area contributed by atoms with E-state index in [0.717, 1.165) is 0 Å². The van der Waals surface area contributed by atoms with Crippen LogP contribution in [0.3, 0.4) is 0 Å². The Balaban J connectivity index is 2.30. The first-order chi connectivity index (χ1) is 12.3. The summed E-state index contributed by atoms with van der Waals surface area (Å²) in [6, 6.07) is 9.82. The summed E-state index contributed by atoms with van der Waals surface area (Å²) in [6.07, 6.45) is -0.0879. The SMILES string of the molecule is COc1ccc(NC(=O)c2cc(Cl)ccc2OC(C)C)cc1NC(C)=O. The van der Waals surface area contributed by atoms with Crippen molar-refractivity contribution >= 4 is 34.8 Å². The Morgan fingerprint density at radius 3 is 2.35 bits per heavy atom. The number of carbonyl (C=O) groups is 2. The lowest BCUT2D eigenvalue weighted by Gasteiger charge is -2.15. The van der Waals surface area contributed by atoms with Gasteiger partial charge in [0.25, 0.3) is 5.91 Å². The van der Waals surface area contributed by atoms with Gasteiger partial charge in [0.2, 0.25) is 5.91 Å². The van der Waals surface area contributed by atoms with Gasteiger partial charge in [-0.1, -0.05) is 11.6 Å². The van der Waals surface area contributed by atoms with Crippen molar-refractivity contribution in [2.24, 2.45) is 0 Å². The Morgan fingerprint density at radius 2 is 1.73 bits per heavy atom. The lowest BCUT2D eigenvalue weighted by Crippen LogP contribution is -2.16. The summed E-state index contributed by atoms with van der Waals surface area (Å²) < 4.78 is 10.9.